The van der Waals surface area contributed by atoms with Gasteiger partial charge >= 0.3 is 0 Å². The molecule has 0 aliphatic carbocycles. The number of nitrogens with one attached hydrogen (secondary N) is 1. The van der Waals surface area contributed by atoms with E-state index in [9.17, 15) is 4.39 Å². The fourth-order valence-corrected chi connectivity index (χ4v) is 2.53. The lowest BCUT2D eigenvalue weighted by atomic mass is 10.1. The number of halogens is 3. The van der Waals surface area contributed by atoms with E-state index in [1.54, 1.807) is 24.4 Å². The molecule has 2 aromatic carbocycles. The van der Waals surface area contributed by atoms with Crippen LogP contribution in [0, 0.1) is 5.82 Å². The molecular formula is C16H11Cl2FN2. The maximum absolute atomic E-state index is 13.8. The molecule has 0 amide bonds. The SMILES string of the molecule is Fc1cc(Cl)ccc1CNc1cc(Cl)cc2cccnc12. The topological polar surface area (TPSA) is 24.9 Å². The van der Waals surface area contributed by atoms with Gasteiger partial charge in [0.15, 0.2) is 0 Å². The quantitative estimate of drug-likeness (QED) is 0.709. The van der Waals surface area contributed by atoms with E-state index in [0.29, 0.717) is 22.2 Å². The van der Waals surface area contributed by atoms with Gasteiger partial charge < -0.3 is 5.32 Å². The molecule has 0 spiro atoms. The van der Waals surface area contributed by atoms with Crippen molar-refractivity contribution >= 4 is 39.8 Å². The highest BCUT2D eigenvalue weighted by Crippen LogP contribution is 2.27. The number of pyridine rings is 1. The number of benzene rings is 2. The van der Waals surface area contributed by atoms with E-state index in [0.717, 1.165) is 16.6 Å². The Morgan fingerprint density at radius 2 is 1.90 bits per heavy atom. The molecule has 2 nitrogen and oxygen atoms in total. The average Bonchev–Trinajstić information content (AvgIpc) is 2.46. The van der Waals surface area contributed by atoms with Gasteiger partial charge in [0.1, 0.15) is 5.82 Å². The summed E-state index contributed by atoms with van der Waals surface area (Å²) < 4.78 is 13.8. The van der Waals surface area contributed by atoms with E-state index in [4.69, 9.17) is 23.2 Å². The minimum absolute atomic E-state index is 0.328. The largest absolute Gasteiger partial charge is 0.379 e. The molecule has 1 N–H and O–H groups in total. The molecule has 5 heteroatoms. The zero-order chi connectivity index (χ0) is 14.8. The molecule has 0 unspecified atom stereocenters. The third-order valence-corrected chi connectivity index (χ3v) is 3.61. The second-order valence-electron chi connectivity index (χ2n) is 4.62. The van der Waals surface area contributed by atoms with E-state index in [2.05, 4.69) is 10.3 Å². The number of fused-ring (bicyclic) bond motifs is 1. The minimum Gasteiger partial charge on any atom is -0.379 e. The Bertz CT molecular complexity index is 805. The van der Waals surface area contributed by atoms with Crippen LogP contribution in [0.15, 0.2) is 48.7 Å². The average molecular weight is 321 g/mol. The maximum Gasteiger partial charge on any atom is 0.129 e. The van der Waals surface area contributed by atoms with Crippen LogP contribution in [0.2, 0.25) is 10.0 Å². The smallest absolute Gasteiger partial charge is 0.129 e. The van der Waals surface area contributed by atoms with Crippen molar-refractivity contribution in [2.75, 3.05) is 5.32 Å². The summed E-state index contributed by atoms with van der Waals surface area (Å²) in [5.74, 6) is -0.339. The molecule has 0 saturated heterocycles. The molecule has 106 valence electrons. The monoisotopic (exact) mass is 320 g/mol. The zero-order valence-corrected chi connectivity index (χ0v) is 12.4. The summed E-state index contributed by atoms with van der Waals surface area (Å²) in [6.07, 6.45) is 1.71. The van der Waals surface area contributed by atoms with Crippen molar-refractivity contribution < 1.29 is 4.39 Å². The number of rotatable bonds is 3. The van der Waals surface area contributed by atoms with Gasteiger partial charge in [-0.15, -0.1) is 0 Å². The summed E-state index contributed by atoms with van der Waals surface area (Å²) in [6, 6.07) is 12.0. The van der Waals surface area contributed by atoms with Crippen molar-refractivity contribution in [1.29, 1.82) is 0 Å². The van der Waals surface area contributed by atoms with Crippen LogP contribution < -0.4 is 5.32 Å². The summed E-state index contributed by atoms with van der Waals surface area (Å²) in [7, 11) is 0. The molecule has 0 aliphatic rings. The maximum atomic E-state index is 13.8. The molecule has 0 aliphatic heterocycles. The molecule has 1 aromatic heterocycles. The summed E-state index contributed by atoms with van der Waals surface area (Å²) in [6.45, 7) is 0.328. The van der Waals surface area contributed by atoms with E-state index in [1.807, 2.05) is 18.2 Å². The highest BCUT2D eigenvalue weighted by Gasteiger charge is 2.07. The van der Waals surface area contributed by atoms with Crippen LogP contribution in [0.3, 0.4) is 0 Å². The Labute approximate surface area is 131 Å². The second kappa shape index (κ2) is 5.88. The van der Waals surface area contributed by atoms with Gasteiger partial charge in [0.25, 0.3) is 0 Å². The Kier molecular flexibility index (Phi) is 3.95. The van der Waals surface area contributed by atoms with Crippen LogP contribution in [-0.4, -0.2) is 4.98 Å². The molecular weight excluding hydrogens is 310 g/mol. The first kappa shape index (κ1) is 14.1. The predicted molar refractivity (Wildman–Crippen MR) is 85.5 cm³/mol. The number of nitrogens with zero attached hydrogens (tertiary/aromatic N) is 1. The Hall–Kier alpha value is -1.84. The molecule has 0 saturated carbocycles. The molecule has 0 fully saturated rings. The Balaban J connectivity index is 1.91. The van der Waals surface area contributed by atoms with E-state index in [1.165, 1.54) is 6.07 Å². The molecule has 1 heterocycles. The minimum atomic E-state index is -0.339. The van der Waals surface area contributed by atoms with Crippen LogP contribution in [-0.2, 0) is 6.54 Å². The zero-order valence-electron chi connectivity index (χ0n) is 10.9. The first-order chi connectivity index (χ1) is 10.1. The molecule has 0 atom stereocenters. The van der Waals surface area contributed by atoms with Crippen molar-refractivity contribution in [2.45, 2.75) is 6.54 Å². The van der Waals surface area contributed by atoms with Gasteiger partial charge in [-0.3, -0.25) is 4.98 Å². The second-order valence-corrected chi connectivity index (χ2v) is 5.49. The standard InChI is InChI=1S/C16H11Cl2FN2/c17-12-4-3-11(14(19)7-12)9-21-15-8-13(18)6-10-2-1-5-20-16(10)15/h1-8,21H,9H2. The van der Waals surface area contributed by atoms with E-state index < -0.39 is 0 Å². The summed E-state index contributed by atoms with van der Waals surface area (Å²) in [5, 5.41) is 5.10. The van der Waals surface area contributed by atoms with Gasteiger partial charge in [0.05, 0.1) is 11.2 Å². The molecule has 21 heavy (non-hydrogen) atoms. The lowest BCUT2D eigenvalue weighted by Crippen LogP contribution is -2.03. The van der Waals surface area contributed by atoms with Crippen LogP contribution >= 0.6 is 23.2 Å². The Morgan fingerprint density at radius 3 is 2.71 bits per heavy atom. The highest BCUT2D eigenvalue weighted by molar-refractivity contribution is 6.32. The number of hydrogen-bond acceptors (Lipinski definition) is 2. The predicted octanol–water partition coefficient (Wildman–Crippen LogP) is 5.29. The van der Waals surface area contributed by atoms with Crippen LogP contribution in [0.25, 0.3) is 10.9 Å². The summed E-state index contributed by atoms with van der Waals surface area (Å²) in [4.78, 5) is 4.34. The van der Waals surface area contributed by atoms with Crippen molar-refractivity contribution in [3.8, 4) is 0 Å². The van der Waals surface area contributed by atoms with Crippen molar-refractivity contribution in [3.63, 3.8) is 0 Å². The highest BCUT2D eigenvalue weighted by atomic mass is 35.5. The lowest BCUT2D eigenvalue weighted by Gasteiger charge is -2.10. The van der Waals surface area contributed by atoms with Crippen LogP contribution in [0.5, 0.6) is 0 Å². The Morgan fingerprint density at radius 1 is 1.05 bits per heavy atom. The van der Waals surface area contributed by atoms with Gasteiger partial charge in [-0.05, 0) is 30.3 Å². The van der Waals surface area contributed by atoms with Crippen molar-refractivity contribution in [3.05, 3.63) is 70.1 Å². The first-order valence-electron chi connectivity index (χ1n) is 6.35. The molecule has 3 rings (SSSR count). The normalized spacial score (nSPS) is 10.8. The van der Waals surface area contributed by atoms with E-state index in [-0.39, 0.29) is 5.82 Å². The van der Waals surface area contributed by atoms with Gasteiger partial charge in [-0.1, -0.05) is 35.3 Å². The summed E-state index contributed by atoms with van der Waals surface area (Å²) >= 11 is 11.8. The van der Waals surface area contributed by atoms with Crippen molar-refractivity contribution in [2.24, 2.45) is 0 Å². The molecule has 0 bridgehead atoms. The van der Waals surface area contributed by atoms with Gasteiger partial charge in [0.2, 0.25) is 0 Å². The third kappa shape index (κ3) is 3.09. The van der Waals surface area contributed by atoms with Gasteiger partial charge in [-0.25, -0.2) is 4.39 Å². The molecule has 0 radical (unpaired) electrons. The number of anilines is 1. The fourth-order valence-electron chi connectivity index (χ4n) is 2.15. The number of hydrogen-bond donors (Lipinski definition) is 1. The van der Waals surface area contributed by atoms with Crippen LogP contribution in [0.1, 0.15) is 5.56 Å². The first-order valence-corrected chi connectivity index (χ1v) is 7.11. The van der Waals surface area contributed by atoms with Crippen LogP contribution in [0.4, 0.5) is 10.1 Å². The van der Waals surface area contributed by atoms with E-state index >= 15 is 0 Å². The molecule has 3 aromatic rings. The third-order valence-electron chi connectivity index (χ3n) is 3.15. The fraction of sp³-hybridized carbons (Fsp3) is 0.0625. The van der Waals surface area contributed by atoms with Gasteiger partial charge in [0, 0.05) is 33.7 Å². The summed E-state index contributed by atoms with van der Waals surface area (Å²) in [5.41, 5.74) is 2.10. The number of aromatic nitrogens is 1. The van der Waals surface area contributed by atoms with Crippen molar-refractivity contribution in [1.82, 2.24) is 4.98 Å². The lowest BCUT2D eigenvalue weighted by molar-refractivity contribution is 0.613. The van der Waals surface area contributed by atoms with Gasteiger partial charge in [-0.2, -0.15) is 0 Å².